The number of carbonyl (C=O) groups excluding carboxylic acids is 1. The van der Waals surface area contributed by atoms with Gasteiger partial charge in [0.2, 0.25) is 0 Å². The summed E-state index contributed by atoms with van der Waals surface area (Å²) in [5.41, 5.74) is 6.56. The number of benzene rings is 1. The molecule has 1 saturated carbocycles. The second kappa shape index (κ2) is 8.76. The van der Waals surface area contributed by atoms with E-state index in [1.165, 1.54) is 24.5 Å². The first-order valence-electron chi connectivity index (χ1n) is 11.3. The summed E-state index contributed by atoms with van der Waals surface area (Å²) >= 11 is 0. The van der Waals surface area contributed by atoms with Crippen molar-refractivity contribution in [2.45, 2.75) is 51.1 Å². The molecule has 1 aliphatic heterocycles. The molecule has 33 heavy (non-hydrogen) atoms. The van der Waals surface area contributed by atoms with Crippen molar-refractivity contribution in [1.29, 1.82) is 0 Å². The van der Waals surface area contributed by atoms with Crippen LogP contribution in [0, 0.1) is 5.82 Å². The summed E-state index contributed by atoms with van der Waals surface area (Å²) in [5, 5.41) is 3.97. The van der Waals surface area contributed by atoms with Gasteiger partial charge in [0.25, 0.3) is 5.91 Å². The van der Waals surface area contributed by atoms with Crippen LogP contribution in [0.5, 0.6) is 0 Å². The maximum Gasteiger partial charge on any atom is 0.324 e. The predicted molar refractivity (Wildman–Crippen MR) is 120 cm³/mol. The van der Waals surface area contributed by atoms with E-state index in [1.807, 2.05) is 11.8 Å². The van der Waals surface area contributed by atoms with Crippen molar-refractivity contribution in [3.63, 3.8) is 0 Å². The summed E-state index contributed by atoms with van der Waals surface area (Å²) < 4.78 is 19.1. The van der Waals surface area contributed by atoms with Crippen LogP contribution in [-0.4, -0.2) is 56.1 Å². The van der Waals surface area contributed by atoms with E-state index in [9.17, 15) is 9.18 Å². The van der Waals surface area contributed by atoms with Gasteiger partial charge in [-0.3, -0.25) is 4.79 Å². The first-order chi connectivity index (χ1) is 16.0. The normalized spacial score (nSPS) is 16.7. The fourth-order valence-corrected chi connectivity index (χ4v) is 4.24. The summed E-state index contributed by atoms with van der Waals surface area (Å²) in [5.74, 6) is 0.473. The Bertz CT molecular complexity index is 1140. The zero-order chi connectivity index (χ0) is 22.9. The van der Waals surface area contributed by atoms with E-state index in [4.69, 9.17) is 10.3 Å². The van der Waals surface area contributed by atoms with Gasteiger partial charge in [0.15, 0.2) is 11.6 Å². The number of carbonyl (C=O) groups is 1. The largest absolute Gasteiger partial charge is 0.396 e. The lowest BCUT2D eigenvalue weighted by Crippen LogP contribution is -2.48. The van der Waals surface area contributed by atoms with E-state index in [0.717, 1.165) is 45.2 Å². The van der Waals surface area contributed by atoms with Crippen molar-refractivity contribution in [3.8, 4) is 11.4 Å². The van der Waals surface area contributed by atoms with E-state index >= 15 is 0 Å². The Morgan fingerprint density at radius 1 is 1.18 bits per heavy atom. The number of nitrogens with two attached hydrogens (primary N) is 1. The standard InChI is InChI=1S/C23H26FN7O2/c1-2-20-28-23(33-29-20)30-9-7-17(8-10-30)31(16-4-5-16)22(32)15-12-26-21(27-13-15)14-3-6-19(25)18(24)11-14/h3,6,11-13,16-17H,2,4-5,7-10,25H2,1H3. The molecule has 9 nitrogen and oxygen atoms in total. The molecule has 0 radical (unpaired) electrons. The minimum atomic E-state index is -0.519. The molecule has 10 heteroatoms. The fourth-order valence-electron chi connectivity index (χ4n) is 4.24. The SMILES string of the molecule is CCc1noc(N2CCC(N(C(=O)c3cnc(-c4ccc(N)c(F)c4)nc3)C3CC3)CC2)n1. The van der Waals surface area contributed by atoms with Gasteiger partial charge in [-0.1, -0.05) is 12.1 Å². The smallest absolute Gasteiger partial charge is 0.324 e. The first-order valence-corrected chi connectivity index (χ1v) is 11.3. The van der Waals surface area contributed by atoms with Gasteiger partial charge in [0.1, 0.15) is 5.82 Å². The highest BCUT2D eigenvalue weighted by molar-refractivity contribution is 5.94. The third-order valence-corrected chi connectivity index (χ3v) is 6.23. The number of piperidine rings is 1. The zero-order valence-corrected chi connectivity index (χ0v) is 18.4. The molecule has 0 spiro atoms. The maximum absolute atomic E-state index is 13.8. The Hall–Kier alpha value is -3.56. The molecule has 2 N–H and O–H groups in total. The highest BCUT2D eigenvalue weighted by Crippen LogP contribution is 2.34. The Labute approximate surface area is 190 Å². The molecular formula is C23H26FN7O2. The molecule has 1 saturated heterocycles. The van der Waals surface area contributed by atoms with Gasteiger partial charge in [0.05, 0.1) is 11.3 Å². The number of rotatable bonds is 6. The monoisotopic (exact) mass is 451 g/mol. The molecule has 3 heterocycles. The highest BCUT2D eigenvalue weighted by atomic mass is 19.1. The Balaban J connectivity index is 1.28. The highest BCUT2D eigenvalue weighted by Gasteiger charge is 2.39. The van der Waals surface area contributed by atoms with Crippen molar-refractivity contribution in [3.05, 3.63) is 47.8 Å². The minimum absolute atomic E-state index is 0.0583. The van der Waals surface area contributed by atoms with Gasteiger partial charge in [-0.2, -0.15) is 4.98 Å². The average molecular weight is 452 g/mol. The molecule has 1 amide bonds. The lowest BCUT2D eigenvalue weighted by molar-refractivity contribution is 0.0628. The molecule has 2 fully saturated rings. The van der Waals surface area contributed by atoms with Crippen LogP contribution in [-0.2, 0) is 6.42 Å². The number of hydrogen-bond donors (Lipinski definition) is 1. The molecule has 0 bridgehead atoms. The van der Waals surface area contributed by atoms with Crippen LogP contribution in [0.4, 0.5) is 16.1 Å². The van der Waals surface area contributed by atoms with Crippen molar-refractivity contribution >= 4 is 17.6 Å². The predicted octanol–water partition coefficient (Wildman–Crippen LogP) is 3.08. The average Bonchev–Trinajstić information content (AvgIpc) is 3.56. The molecule has 0 unspecified atom stereocenters. The fraction of sp³-hybridized carbons (Fsp3) is 0.435. The molecule has 2 aliphatic rings. The van der Waals surface area contributed by atoms with Crippen LogP contribution >= 0.6 is 0 Å². The Kier molecular flexibility index (Phi) is 5.65. The molecule has 172 valence electrons. The van der Waals surface area contributed by atoms with Crippen LogP contribution < -0.4 is 10.6 Å². The van der Waals surface area contributed by atoms with Crippen LogP contribution in [0.25, 0.3) is 11.4 Å². The number of aromatic nitrogens is 4. The van der Waals surface area contributed by atoms with E-state index in [1.54, 1.807) is 6.07 Å². The second-order valence-electron chi connectivity index (χ2n) is 8.54. The molecule has 1 aromatic carbocycles. The van der Waals surface area contributed by atoms with Crippen LogP contribution in [0.2, 0.25) is 0 Å². The number of amides is 1. The molecule has 5 rings (SSSR count). The Morgan fingerprint density at radius 2 is 1.88 bits per heavy atom. The van der Waals surface area contributed by atoms with Gasteiger partial charge >= 0.3 is 6.01 Å². The number of nitrogens with zero attached hydrogens (tertiary/aromatic N) is 6. The zero-order valence-electron chi connectivity index (χ0n) is 18.4. The lowest BCUT2D eigenvalue weighted by atomic mass is 10.0. The topological polar surface area (TPSA) is 114 Å². The molecule has 0 atom stereocenters. The second-order valence-corrected chi connectivity index (χ2v) is 8.54. The van der Waals surface area contributed by atoms with Gasteiger partial charge in [-0.05, 0) is 43.9 Å². The molecular weight excluding hydrogens is 425 g/mol. The summed E-state index contributed by atoms with van der Waals surface area (Å²) in [4.78, 5) is 30.5. The quantitative estimate of drug-likeness (QED) is 0.569. The number of anilines is 2. The van der Waals surface area contributed by atoms with Crippen LogP contribution in [0.15, 0.2) is 35.1 Å². The minimum Gasteiger partial charge on any atom is -0.396 e. The molecule has 3 aromatic rings. The summed E-state index contributed by atoms with van der Waals surface area (Å²) in [7, 11) is 0. The van der Waals surface area contributed by atoms with Crippen molar-refractivity contribution in [1.82, 2.24) is 25.0 Å². The summed E-state index contributed by atoms with van der Waals surface area (Å²) in [6.45, 7) is 3.50. The van der Waals surface area contributed by atoms with Crippen molar-refractivity contribution in [2.24, 2.45) is 0 Å². The van der Waals surface area contributed by atoms with Gasteiger partial charge in [-0.25, -0.2) is 14.4 Å². The third kappa shape index (κ3) is 4.37. The number of hydrogen-bond acceptors (Lipinski definition) is 8. The van der Waals surface area contributed by atoms with Crippen molar-refractivity contribution in [2.75, 3.05) is 23.7 Å². The van der Waals surface area contributed by atoms with E-state index in [2.05, 4.69) is 25.0 Å². The van der Waals surface area contributed by atoms with Crippen molar-refractivity contribution < 1.29 is 13.7 Å². The van der Waals surface area contributed by atoms with Crippen LogP contribution in [0.1, 0.15) is 48.8 Å². The van der Waals surface area contributed by atoms with Gasteiger partial charge in [-0.15, -0.1) is 0 Å². The van der Waals surface area contributed by atoms with E-state index < -0.39 is 5.82 Å². The first kappa shape index (κ1) is 21.3. The van der Waals surface area contributed by atoms with Gasteiger partial charge < -0.3 is 20.1 Å². The molecule has 1 aliphatic carbocycles. The lowest BCUT2D eigenvalue weighted by Gasteiger charge is -2.38. The number of nitrogen functional groups attached to an aromatic ring is 1. The van der Waals surface area contributed by atoms with E-state index in [0.29, 0.717) is 28.8 Å². The third-order valence-electron chi connectivity index (χ3n) is 6.23. The van der Waals surface area contributed by atoms with E-state index in [-0.39, 0.29) is 23.7 Å². The van der Waals surface area contributed by atoms with Crippen LogP contribution in [0.3, 0.4) is 0 Å². The number of halogens is 1. The maximum atomic E-state index is 13.8. The summed E-state index contributed by atoms with van der Waals surface area (Å²) in [6.07, 6.45) is 7.46. The van der Waals surface area contributed by atoms with Gasteiger partial charge in [0, 0.05) is 49.6 Å². The summed E-state index contributed by atoms with van der Waals surface area (Å²) in [6, 6.07) is 5.38. The molecule has 2 aromatic heterocycles. The number of aryl methyl sites for hydroxylation is 1. The Morgan fingerprint density at radius 3 is 2.48 bits per heavy atom.